The van der Waals surface area contributed by atoms with E-state index in [-0.39, 0.29) is 0 Å². The first kappa shape index (κ1) is 14.3. The monoisotopic (exact) mass is 276 g/mol. The van der Waals surface area contributed by atoms with Crippen molar-refractivity contribution in [3.05, 3.63) is 42.1 Å². The molecule has 19 heavy (non-hydrogen) atoms. The van der Waals surface area contributed by atoms with Gasteiger partial charge in [-0.25, -0.2) is 0 Å². The van der Waals surface area contributed by atoms with Gasteiger partial charge < -0.3 is 5.32 Å². The molecule has 1 aromatic heterocycles. The van der Waals surface area contributed by atoms with Crippen LogP contribution in [0.25, 0.3) is 10.9 Å². The number of pyridine rings is 1. The van der Waals surface area contributed by atoms with Gasteiger partial charge in [0.2, 0.25) is 0 Å². The Morgan fingerprint density at radius 1 is 1.26 bits per heavy atom. The average Bonchev–Trinajstić information content (AvgIpc) is 2.46. The van der Waals surface area contributed by atoms with E-state index in [4.69, 9.17) is 11.6 Å². The summed E-state index contributed by atoms with van der Waals surface area (Å²) in [6, 6.07) is 10.4. The predicted octanol–water partition coefficient (Wildman–Crippen LogP) is 3.98. The van der Waals surface area contributed by atoms with Crippen LogP contribution in [0.4, 0.5) is 0 Å². The van der Waals surface area contributed by atoms with Crippen molar-refractivity contribution in [3.63, 3.8) is 0 Å². The molecule has 0 saturated carbocycles. The molecule has 3 heteroatoms. The third-order valence-electron chi connectivity index (χ3n) is 3.37. The van der Waals surface area contributed by atoms with Crippen LogP contribution in [0.1, 0.15) is 25.3 Å². The van der Waals surface area contributed by atoms with Gasteiger partial charge in [0.1, 0.15) is 0 Å². The SMILES string of the molecule is CC(CCl)CCCNCc1ccnc2ccccc12. The number of hydrogen-bond donors (Lipinski definition) is 1. The standard InChI is InChI=1S/C16H21ClN2/c1-13(11-17)5-4-9-18-12-14-8-10-19-16-7-3-2-6-15(14)16/h2-3,6-8,10,13,18H,4-5,9,11-12H2,1H3. The minimum absolute atomic E-state index is 0.616. The number of rotatable bonds is 7. The van der Waals surface area contributed by atoms with E-state index in [0.717, 1.165) is 24.5 Å². The highest BCUT2D eigenvalue weighted by Crippen LogP contribution is 2.15. The maximum Gasteiger partial charge on any atom is 0.0705 e. The second-order valence-corrected chi connectivity index (χ2v) is 5.37. The zero-order valence-corrected chi connectivity index (χ0v) is 12.2. The average molecular weight is 277 g/mol. The highest BCUT2D eigenvalue weighted by atomic mass is 35.5. The quantitative estimate of drug-likeness (QED) is 0.611. The Labute approximate surface area is 120 Å². The van der Waals surface area contributed by atoms with Crippen molar-refractivity contribution in [2.75, 3.05) is 12.4 Å². The van der Waals surface area contributed by atoms with Gasteiger partial charge in [0.15, 0.2) is 0 Å². The lowest BCUT2D eigenvalue weighted by Gasteiger charge is -2.09. The molecule has 102 valence electrons. The molecule has 2 rings (SSSR count). The van der Waals surface area contributed by atoms with E-state index in [0.29, 0.717) is 5.92 Å². The lowest BCUT2D eigenvalue weighted by Crippen LogP contribution is -2.16. The van der Waals surface area contributed by atoms with Crippen LogP contribution in [0.3, 0.4) is 0 Å². The molecule has 1 unspecified atom stereocenters. The second-order valence-electron chi connectivity index (χ2n) is 5.07. The molecule has 0 spiro atoms. The number of fused-ring (bicyclic) bond motifs is 1. The summed E-state index contributed by atoms with van der Waals surface area (Å²) in [5, 5.41) is 4.74. The molecular formula is C16H21ClN2. The molecular weight excluding hydrogens is 256 g/mol. The number of benzene rings is 1. The van der Waals surface area contributed by atoms with Gasteiger partial charge in [-0.15, -0.1) is 11.6 Å². The molecule has 0 aliphatic carbocycles. The summed E-state index contributed by atoms with van der Waals surface area (Å²) in [6.07, 6.45) is 4.25. The van der Waals surface area contributed by atoms with Crippen molar-refractivity contribution in [1.82, 2.24) is 10.3 Å². The zero-order valence-electron chi connectivity index (χ0n) is 11.4. The molecule has 0 bridgehead atoms. The third-order valence-corrected chi connectivity index (χ3v) is 3.90. The van der Waals surface area contributed by atoms with Crippen molar-refractivity contribution in [2.24, 2.45) is 5.92 Å². The van der Waals surface area contributed by atoms with Crippen LogP contribution < -0.4 is 5.32 Å². The maximum absolute atomic E-state index is 5.80. The van der Waals surface area contributed by atoms with Crippen molar-refractivity contribution in [2.45, 2.75) is 26.3 Å². The number of para-hydroxylation sites is 1. The van der Waals surface area contributed by atoms with E-state index in [1.807, 2.05) is 12.3 Å². The minimum Gasteiger partial charge on any atom is -0.313 e. The Morgan fingerprint density at radius 2 is 2.11 bits per heavy atom. The van der Waals surface area contributed by atoms with Crippen LogP contribution in [0.2, 0.25) is 0 Å². The predicted molar refractivity (Wildman–Crippen MR) is 82.6 cm³/mol. The fraction of sp³-hybridized carbons (Fsp3) is 0.438. The Hall–Kier alpha value is -1.12. The molecule has 0 fully saturated rings. The first-order valence-corrected chi connectivity index (χ1v) is 7.44. The summed E-state index contributed by atoms with van der Waals surface area (Å²) in [5.74, 6) is 1.37. The summed E-state index contributed by atoms with van der Waals surface area (Å²) in [6.45, 7) is 4.14. The molecule has 1 aromatic carbocycles. The Kier molecular flexibility index (Phi) is 5.62. The van der Waals surface area contributed by atoms with E-state index < -0.39 is 0 Å². The second kappa shape index (κ2) is 7.46. The molecule has 0 saturated heterocycles. The molecule has 2 nitrogen and oxygen atoms in total. The molecule has 0 radical (unpaired) electrons. The van der Waals surface area contributed by atoms with Crippen molar-refractivity contribution < 1.29 is 0 Å². The lowest BCUT2D eigenvalue weighted by molar-refractivity contribution is 0.532. The van der Waals surface area contributed by atoms with Gasteiger partial charge in [0.25, 0.3) is 0 Å². The molecule has 1 heterocycles. The topological polar surface area (TPSA) is 24.9 Å². The van der Waals surface area contributed by atoms with Gasteiger partial charge in [-0.3, -0.25) is 4.98 Å². The fourth-order valence-corrected chi connectivity index (χ4v) is 2.34. The number of nitrogens with zero attached hydrogens (tertiary/aromatic N) is 1. The van der Waals surface area contributed by atoms with Crippen LogP contribution in [-0.2, 0) is 6.54 Å². The first-order valence-electron chi connectivity index (χ1n) is 6.90. The van der Waals surface area contributed by atoms with Gasteiger partial charge in [0, 0.05) is 24.0 Å². The molecule has 1 N–H and O–H groups in total. The van der Waals surface area contributed by atoms with Crippen molar-refractivity contribution in [3.8, 4) is 0 Å². The molecule has 0 aliphatic heterocycles. The molecule has 0 amide bonds. The first-order chi connectivity index (χ1) is 9.31. The summed E-state index contributed by atoms with van der Waals surface area (Å²) < 4.78 is 0. The smallest absolute Gasteiger partial charge is 0.0705 e. The van der Waals surface area contributed by atoms with Gasteiger partial charge in [0.05, 0.1) is 5.52 Å². The Morgan fingerprint density at radius 3 is 2.95 bits per heavy atom. The third kappa shape index (κ3) is 4.19. The maximum atomic E-state index is 5.80. The van der Waals surface area contributed by atoms with Crippen LogP contribution in [0.5, 0.6) is 0 Å². The summed E-state index contributed by atoms with van der Waals surface area (Å²) in [5.41, 5.74) is 2.38. The van der Waals surface area contributed by atoms with E-state index in [1.165, 1.54) is 23.8 Å². The Balaban J connectivity index is 1.85. The van der Waals surface area contributed by atoms with E-state index in [9.17, 15) is 0 Å². The number of alkyl halides is 1. The van der Waals surface area contributed by atoms with Gasteiger partial charge in [-0.2, -0.15) is 0 Å². The normalized spacial score (nSPS) is 12.7. The molecule has 0 aliphatic rings. The van der Waals surface area contributed by atoms with Crippen molar-refractivity contribution in [1.29, 1.82) is 0 Å². The van der Waals surface area contributed by atoms with Gasteiger partial charge in [-0.1, -0.05) is 25.1 Å². The summed E-state index contributed by atoms with van der Waals surface area (Å²) in [4.78, 5) is 4.38. The van der Waals surface area contributed by atoms with Crippen LogP contribution in [0.15, 0.2) is 36.5 Å². The largest absolute Gasteiger partial charge is 0.313 e. The molecule has 2 aromatic rings. The van der Waals surface area contributed by atoms with Gasteiger partial charge in [-0.05, 0) is 43.0 Å². The Bertz CT molecular complexity index is 508. The van der Waals surface area contributed by atoms with Crippen LogP contribution in [0, 0.1) is 5.92 Å². The van der Waals surface area contributed by atoms with Crippen LogP contribution in [-0.4, -0.2) is 17.4 Å². The highest BCUT2D eigenvalue weighted by molar-refractivity contribution is 6.18. The van der Waals surface area contributed by atoms with E-state index in [2.05, 4.69) is 41.5 Å². The zero-order chi connectivity index (χ0) is 13.5. The highest BCUT2D eigenvalue weighted by Gasteiger charge is 2.02. The van der Waals surface area contributed by atoms with E-state index >= 15 is 0 Å². The minimum atomic E-state index is 0.616. The molecule has 1 atom stereocenters. The van der Waals surface area contributed by atoms with Crippen LogP contribution >= 0.6 is 11.6 Å². The van der Waals surface area contributed by atoms with Gasteiger partial charge >= 0.3 is 0 Å². The van der Waals surface area contributed by atoms with E-state index in [1.54, 1.807) is 0 Å². The summed E-state index contributed by atoms with van der Waals surface area (Å²) >= 11 is 5.80. The lowest BCUT2D eigenvalue weighted by atomic mass is 10.1. The number of halogens is 1. The number of aromatic nitrogens is 1. The van der Waals surface area contributed by atoms with Crippen molar-refractivity contribution >= 4 is 22.5 Å². The number of hydrogen-bond acceptors (Lipinski definition) is 2. The number of nitrogens with one attached hydrogen (secondary N) is 1. The fourth-order valence-electron chi connectivity index (χ4n) is 2.18. The summed E-state index contributed by atoms with van der Waals surface area (Å²) in [7, 11) is 0.